The second-order valence-corrected chi connectivity index (χ2v) is 7.23. The molecule has 186 valence electrons. The zero-order valence-corrected chi connectivity index (χ0v) is 20.3. The van der Waals surface area contributed by atoms with Crippen LogP contribution in [-0.4, -0.2) is 55.1 Å². The minimum absolute atomic E-state index is 0.276. The minimum atomic E-state index is -0.454. The molecule has 4 rings (SSSR count). The van der Waals surface area contributed by atoms with Crippen LogP contribution >= 0.6 is 0 Å². The van der Waals surface area contributed by atoms with Gasteiger partial charge in [-0.25, -0.2) is 9.59 Å². The number of carbonyl (C=O) groups is 2. The number of nitrogens with zero attached hydrogens (tertiary/aromatic N) is 7. The summed E-state index contributed by atoms with van der Waals surface area (Å²) in [4.78, 5) is 31.3. The fourth-order valence-corrected chi connectivity index (χ4v) is 2.98. The van der Waals surface area contributed by atoms with E-state index in [0.717, 1.165) is 0 Å². The van der Waals surface area contributed by atoms with Crippen LogP contribution < -0.4 is 0 Å². The van der Waals surface area contributed by atoms with Gasteiger partial charge < -0.3 is 9.47 Å². The number of hydrogen-bond acceptors (Lipinski definition) is 10. The van der Waals surface area contributed by atoms with Gasteiger partial charge in [0.25, 0.3) is 0 Å². The van der Waals surface area contributed by atoms with Crippen molar-refractivity contribution < 1.29 is 19.1 Å². The average Bonchev–Trinajstić information content (AvgIpc) is 3.57. The maximum atomic E-state index is 11.7. The molecule has 12 nitrogen and oxygen atoms in total. The molecule has 4 aromatic rings. The molecule has 0 spiro atoms. The Labute approximate surface area is 212 Å². The molecular formula is C25H22N8O4. The van der Waals surface area contributed by atoms with Gasteiger partial charge in [0.2, 0.25) is 0 Å². The van der Waals surface area contributed by atoms with Gasteiger partial charge >= 0.3 is 11.9 Å². The number of pyridine rings is 2. The standard InChI is InChI=1S/C13H12N4O2.C12H10N4O2/c1-3-19-13(18)12-6-11(16-17(12)2)10-5-4-9(7-14)8-15-10;1-2-18-12(17)11-5-10(15-16-11)9-4-3-8(6-13)7-14-9/h4-6,8H,3H2,1-2H3;3-5,7H,2H2,1H3,(H,15,16). The lowest BCUT2D eigenvalue weighted by Gasteiger charge is -1.99. The fourth-order valence-electron chi connectivity index (χ4n) is 2.98. The number of carbonyl (C=O) groups excluding carboxylic acids is 2. The molecular weight excluding hydrogens is 476 g/mol. The van der Waals surface area contributed by atoms with Gasteiger partial charge in [0.15, 0.2) is 0 Å². The molecule has 0 fully saturated rings. The molecule has 12 heteroatoms. The molecule has 0 aromatic carbocycles. The molecule has 4 heterocycles. The number of ether oxygens (including phenoxy) is 2. The number of rotatable bonds is 6. The summed E-state index contributed by atoms with van der Waals surface area (Å²) in [6, 6.07) is 13.8. The first kappa shape index (κ1) is 26.2. The van der Waals surface area contributed by atoms with Crippen LogP contribution in [0.5, 0.6) is 0 Å². The van der Waals surface area contributed by atoms with Crippen LogP contribution in [-0.2, 0) is 16.5 Å². The summed E-state index contributed by atoms with van der Waals surface area (Å²) < 4.78 is 11.2. The second-order valence-electron chi connectivity index (χ2n) is 7.23. The summed E-state index contributed by atoms with van der Waals surface area (Å²) in [5.41, 5.74) is 3.87. The topological polar surface area (TPSA) is 172 Å². The predicted molar refractivity (Wildman–Crippen MR) is 130 cm³/mol. The first-order chi connectivity index (χ1) is 17.9. The third-order valence-electron chi connectivity index (χ3n) is 4.75. The third-order valence-corrected chi connectivity index (χ3v) is 4.75. The Kier molecular flexibility index (Phi) is 8.78. The maximum Gasteiger partial charge on any atom is 0.356 e. The Morgan fingerprint density at radius 3 is 1.95 bits per heavy atom. The lowest BCUT2D eigenvalue weighted by molar-refractivity contribution is 0.0506. The zero-order chi connectivity index (χ0) is 26.8. The maximum absolute atomic E-state index is 11.7. The molecule has 0 aliphatic rings. The number of H-pyrrole nitrogens is 1. The molecule has 0 amide bonds. The van der Waals surface area contributed by atoms with Crippen molar-refractivity contribution >= 4 is 11.9 Å². The van der Waals surface area contributed by atoms with Crippen molar-refractivity contribution in [2.75, 3.05) is 13.2 Å². The molecule has 37 heavy (non-hydrogen) atoms. The number of aromatic nitrogens is 6. The van der Waals surface area contributed by atoms with E-state index in [1.54, 1.807) is 57.3 Å². The van der Waals surface area contributed by atoms with E-state index in [1.807, 2.05) is 12.1 Å². The highest BCUT2D eigenvalue weighted by Gasteiger charge is 2.16. The Morgan fingerprint density at radius 1 is 0.865 bits per heavy atom. The minimum Gasteiger partial charge on any atom is -0.461 e. The highest BCUT2D eigenvalue weighted by molar-refractivity contribution is 5.89. The van der Waals surface area contributed by atoms with Crippen LogP contribution in [0.4, 0.5) is 0 Å². The van der Waals surface area contributed by atoms with E-state index in [0.29, 0.717) is 52.8 Å². The Bertz CT molecular complexity index is 1460. The first-order valence-electron chi connectivity index (χ1n) is 11.1. The van der Waals surface area contributed by atoms with Crippen LogP contribution in [0.15, 0.2) is 48.8 Å². The van der Waals surface area contributed by atoms with E-state index in [2.05, 4.69) is 25.3 Å². The summed E-state index contributed by atoms with van der Waals surface area (Å²) in [6.07, 6.45) is 2.92. The number of esters is 2. The van der Waals surface area contributed by atoms with E-state index in [1.165, 1.54) is 17.1 Å². The molecule has 0 unspecified atom stereocenters. The number of aromatic amines is 1. The van der Waals surface area contributed by atoms with Crippen molar-refractivity contribution in [1.82, 2.24) is 29.9 Å². The highest BCUT2D eigenvalue weighted by Crippen LogP contribution is 2.18. The molecule has 0 saturated heterocycles. The van der Waals surface area contributed by atoms with E-state index >= 15 is 0 Å². The summed E-state index contributed by atoms with van der Waals surface area (Å²) in [5, 5.41) is 28.1. The summed E-state index contributed by atoms with van der Waals surface area (Å²) >= 11 is 0. The summed E-state index contributed by atoms with van der Waals surface area (Å²) in [7, 11) is 1.67. The Balaban J connectivity index is 0.000000206. The lowest BCUT2D eigenvalue weighted by atomic mass is 10.2. The van der Waals surface area contributed by atoms with Crippen LogP contribution in [0.3, 0.4) is 0 Å². The summed E-state index contributed by atoms with van der Waals surface area (Å²) in [5.74, 6) is -0.873. The van der Waals surface area contributed by atoms with Gasteiger partial charge in [-0.1, -0.05) is 0 Å². The molecule has 0 aliphatic carbocycles. The smallest absolute Gasteiger partial charge is 0.356 e. The van der Waals surface area contributed by atoms with Crippen molar-refractivity contribution in [2.45, 2.75) is 13.8 Å². The van der Waals surface area contributed by atoms with Crippen LogP contribution in [0.2, 0.25) is 0 Å². The normalized spacial score (nSPS) is 9.86. The van der Waals surface area contributed by atoms with Gasteiger partial charge in [-0.2, -0.15) is 20.7 Å². The van der Waals surface area contributed by atoms with Crippen LogP contribution in [0.1, 0.15) is 46.0 Å². The monoisotopic (exact) mass is 498 g/mol. The number of nitrogens with one attached hydrogen (secondary N) is 1. The van der Waals surface area contributed by atoms with Gasteiger partial charge in [0.1, 0.15) is 34.9 Å². The third kappa shape index (κ3) is 6.61. The Morgan fingerprint density at radius 2 is 1.43 bits per heavy atom. The fraction of sp³-hybridized carbons (Fsp3) is 0.200. The van der Waals surface area contributed by atoms with Gasteiger partial charge in [0.05, 0.1) is 35.7 Å². The van der Waals surface area contributed by atoms with Crippen LogP contribution in [0, 0.1) is 22.7 Å². The molecule has 0 atom stereocenters. The van der Waals surface area contributed by atoms with Gasteiger partial charge in [-0.05, 0) is 38.1 Å². The molecule has 0 radical (unpaired) electrons. The van der Waals surface area contributed by atoms with E-state index < -0.39 is 11.9 Å². The molecule has 4 aromatic heterocycles. The molecule has 0 aliphatic heterocycles. The second kappa shape index (κ2) is 12.4. The highest BCUT2D eigenvalue weighted by atomic mass is 16.5. The molecule has 0 saturated carbocycles. The van der Waals surface area contributed by atoms with Crippen molar-refractivity contribution in [2.24, 2.45) is 7.05 Å². The van der Waals surface area contributed by atoms with Crippen molar-refractivity contribution in [1.29, 1.82) is 10.5 Å². The average molecular weight is 499 g/mol. The quantitative estimate of drug-likeness (QED) is 0.389. The van der Waals surface area contributed by atoms with Crippen LogP contribution in [0.25, 0.3) is 22.8 Å². The lowest BCUT2D eigenvalue weighted by Crippen LogP contribution is -2.10. The Hall–Kier alpha value is -5.36. The van der Waals surface area contributed by atoms with Gasteiger partial charge in [-0.3, -0.25) is 19.7 Å². The number of hydrogen-bond donors (Lipinski definition) is 1. The van der Waals surface area contributed by atoms with Gasteiger partial charge in [0, 0.05) is 31.6 Å². The van der Waals surface area contributed by atoms with E-state index in [4.69, 9.17) is 20.0 Å². The van der Waals surface area contributed by atoms with Crippen molar-refractivity contribution in [3.8, 4) is 34.9 Å². The first-order valence-corrected chi connectivity index (χ1v) is 11.1. The molecule has 1 N–H and O–H groups in total. The zero-order valence-electron chi connectivity index (χ0n) is 20.3. The summed E-state index contributed by atoms with van der Waals surface area (Å²) in [6.45, 7) is 4.10. The largest absolute Gasteiger partial charge is 0.461 e. The van der Waals surface area contributed by atoms with E-state index in [-0.39, 0.29) is 5.69 Å². The molecule has 0 bridgehead atoms. The predicted octanol–water partition coefficient (Wildman–Crippen LogP) is 3.05. The number of nitriles is 2. The SMILES string of the molecule is CCOC(=O)c1cc(-c2ccc(C#N)cn2)n[nH]1.CCOC(=O)c1cc(-c2ccc(C#N)cn2)nn1C. The van der Waals surface area contributed by atoms with E-state index in [9.17, 15) is 9.59 Å². The van der Waals surface area contributed by atoms with Gasteiger partial charge in [-0.15, -0.1) is 0 Å². The van der Waals surface area contributed by atoms with Crippen molar-refractivity contribution in [3.05, 3.63) is 71.3 Å². The number of aryl methyl sites for hydroxylation is 1. The van der Waals surface area contributed by atoms with Crippen molar-refractivity contribution in [3.63, 3.8) is 0 Å².